The molecule has 1 N–H and O–H groups in total. The molecule has 0 spiro atoms. The number of piperazine rings is 1. The lowest BCUT2D eigenvalue weighted by Gasteiger charge is -2.32. The summed E-state index contributed by atoms with van der Waals surface area (Å²) in [5.74, 6) is 0.0459. The number of nitrogens with zero attached hydrogens (tertiary/aromatic N) is 3. The highest BCUT2D eigenvalue weighted by molar-refractivity contribution is 7.89. The molecule has 3 rings (SSSR count). The van der Waals surface area contributed by atoms with Gasteiger partial charge < -0.3 is 19.9 Å². The maximum atomic E-state index is 12.7. The first-order valence-corrected chi connectivity index (χ1v) is 12.7. The SMILES string of the molecule is CN1CCN(CCCCNC(=O)CCc2ccc(S(=O)(=O)N3CCOCC3)cc2)CC1. The number of nitrogens with one attached hydrogen (secondary N) is 1. The molecular weight excluding hydrogens is 416 g/mol. The second kappa shape index (κ2) is 11.9. The Morgan fingerprint density at radius 1 is 1.00 bits per heavy atom. The van der Waals surface area contributed by atoms with E-state index < -0.39 is 10.0 Å². The Morgan fingerprint density at radius 2 is 1.68 bits per heavy atom. The first-order chi connectivity index (χ1) is 14.9. The summed E-state index contributed by atoms with van der Waals surface area (Å²) in [7, 11) is -1.31. The summed E-state index contributed by atoms with van der Waals surface area (Å²) in [4.78, 5) is 17.2. The predicted octanol–water partition coefficient (Wildman–Crippen LogP) is 0.784. The van der Waals surface area contributed by atoms with Crippen LogP contribution in [0.3, 0.4) is 0 Å². The Balaban J connectivity index is 1.32. The van der Waals surface area contributed by atoms with Gasteiger partial charge in [-0.2, -0.15) is 4.31 Å². The van der Waals surface area contributed by atoms with E-state index in [0.29, 0.717) is 50.6 Å². The lowest BCUT2D eigenvalue weighted by Crippen LogP contribution is -2.44. The number of hydrogen-bond donors (Lipinski definition) is 1. The third-order valence-electron chi connectivity index (χ3n) is 5.99. The highest BCUT2D eigenvalue weighted by Crippen LogP contribution is 2.18. The third kappa shape index (κ3) is 7.54. The van der Waals surface area contributed by atoms with Gasteiger partial charge in [0.25, 0.3) is 0 Å². The number of sulfonamides is 1. The molecule has 2 heterocycles. The van der Waals surface area contributed by atoms with Crippen LogP contribution >= 0.6 is 0 Å². The van der Waals surface area contributed by atoms with E-state index in [9.17, 15) is 13.2 Å². The number of rotatable bonds is 10. The van der Waals surface area contributed by atoms with Crippen LogP contribution in [0.1, 0.15) is 24.8 Å². The number of carbonyl (C=O) groups excluding carboxylic acids is 1. The van der Waals surface area contributed by atoms with Crippen molar-refractivity contribution < 1.29 is 17.9 Å². The largest absolute Gasteiger partial charge is 0.379 e. The van der Waals surface area contributed by atoms with Crippen molar-refractivity contribution >= 4 is 15.9 Å². The van der Waals surface area contributed by atoms with Gasteiger partial charge in [0, 0.05) is 52.2 Å². The second-order valence-electron chi connectivity index (χ2n) is 8.36. The Bertz CT molecular complexity index is 786. The van der Waals surface area contributed by atoms with Crippen molar-refractivity contribution in [1.29, 1.82) is 0 Å². The molecule has 0 saturated carbocycles. The first-order valence-electron chi connectivity index (χ1n) is 11.3. The standard InChI is InChI=1S/C22H36N4O4S/c1-24-12-14-25(15-13-24)11-3-2-10-23-22(27)9-6-20-4-7-21(8-5-20)31(28,29)26-16-18-30-19-17-26/h4-5,7-8H,2-3,6,9-19H2,1H3,(H,23,27). The van der Waals surface area contributed by atoms with Gasteiger partial charge in [-0.1, -0.05) is 12.1 Å². The minimum absolute atomic E-state index is 0.0459. The third-order valence-corrected chi connectivity index (χ3v) is 7.90. The molecule has 8 nitrogen and oxygen atoms in total. The molecule has 2 aliphatic heterocycles. The molecule has 2 fully saturated rings. The quantitative estimate of drug-likeness (QED) is 0.529. The van der Waals surface area contributed by atoms with Crippen LogP contribution in [0.2, 0.25) is 0 Å². The molecule has 2 saturated heterocycles. The van der Waals surface area contributed by atoms with Gasteiger partial charge in [-0.25, -0.2) is 8.42 Å². The van der Waals surface area contributed by atoms with Gasteiger partial charge in [0.05, 0.1) is 18.1 Å². The van der Waals surface area contributed by atoms with Crippen molar-refractivity contribution in [2.45, 2.75) is 30.6 Å². The molecule has 31 heavy (non-hydrogen) atoms. The van der Waals surface area contributed by atoms with Crippen molar-refractivity contribution in [3.63, 3.8) is 0 Å². The number of aryl methyl sites for hydroxylation is 1. The summed E-state index contributed by atoms with van der Waals surface area (Å²) in [6, 6.07) is 6.88. The van der Waals surface area contributed by atoms with Crippen LogP contribution in [0.4, 0.5) is 0 Å². The van der Waals surface area contributed by atoms with Gasteiger partial charge in [0.1, 0.15) is 0 Å². The van der Waals surface area contributed by atoms with Gasteiger partial charge in [0.15, 0.2) is 0 Å². The highest BCUT2D eigenvalue weighted by Gasteiger charge is 2.26. The first kappa shape index (κ1) is 24.1. The molecule has 0 radical (unpaired) electrons. The van der Waals surface area contributed by atoms with Crippen LogP contribution in [0, 0.1) is 0 Å². The van der Waals surface area contributed by atoms with Crippen molar-refractivity contribution in [3.8, 4) is 0 Å². The number of carbonyl (C=O) groups is 1. The normalized spacial score (nSPS) is 19.4. The molecule has 0 atom stereocenters. The number of likely N-dealkylation sites (N-methyl/N-ethyl adjacent to an activating group) is 1. The zero-order valence-electron chi connectivity index (χ0n) is 18.6. The Kier molecular flexibility index (Phi) is 9.28. The van der Waals surface area contributed by atoms with E-state index in [4.69, 9.17) is 4.74 Å². The van der Waals surface area contributed by atoms with Crippen molar-refractivity contribution in [3.05, 3.63) is 29.8 Å². The summed E-state index contributed by atoms with van der Waals surface area (Å²) in [6.45, 7) is 8.00. The Hall–Kier alpha value is -1.52. The van der Waals surface area contributed by atoms with Crippen molar-refractivity contribution in [2.24, 2.45) is 0 Å². The zero-order valence-corrected chi connectivity index (χ0v) is 19.4. The minimum Gasteiger partial charge on any atom is -0.379 e. The van der Waals surface area contributed by atoms with E-state index in [-0.39, 0.29) is 5.91 Å². The number of hydrogen-bond acceptors (Lipinski definition) is 6. The molecule has 174 valence electrons. The summed E-state index contributed by atoms with van der Waals surface area (Å²) in [6.07, 6.45) is 3.11. The topological polar surface area (TPSA) is 82.2 Å². The van der Waals surface area contributed by atoms with Crippen molar-refractivity contribution in [2.75, 3.05) is 72.6 Å². The van der Waals surface area contributed by atoms with Gasteiger partial charge >= 0.3 is 0 Å². The van der Waals surface area contributed by atoms with Crippen LogP contribution in [0.15, 0.2) is 29.2 Å². The number of ether oxygens (including phenoxy) is 1. The molecule has 1 amide bonds. The van der Waals surface area contributed by atoms with E-state index in [1.54, 1.807) is 24.3 Å². The van der Waals surface area contributed by atoms with Crippen LogP contribution in [-0.2, 0) is 26.0 Å². The van der Waals surface area contributed by atoms with E-state index in [1.807, 2.05) is 0 Å². The molecule has 0 aliphatic carbocycles. The second-order valence-corrected chi connectivity index (χ2v) is 10.3. The number of morpholine rings is 1. The lowest BCUT2D eigenvalue weighted by atomic mass is 10.1. The molecule has 0 aromatic heterocycles. The minimum atomic E-state index is -3.47. The molecule has 0 unspecified atom stereocenters. The fraction of sp³-hybridized carbons (Fsp3) is 0.682. The fourth-order valence-corrected chi connectivity index (χ4v) is 5.28. The van der Waals surface area contributed by atoms with Gasteiger partial charge in [0.2, 0.25) is 15.9 Å². The van der Waals surface area contributed by atoms with Crippen LogP contribution in [0.25, 0.3) is 0 Å². The van der Waals surface area contributed by atoms with Crippen LogP contribution < -0.4 is 5.32 Å². The summed E-state index contributed by atoms with van der Waals surface area (Å²) in [5.41, 5.74) is 0.964. The van der Waals surface area contributed by atoms with Crippen molar-refractivity contribution in [1.82, 2.24) is 19.4 Å². The Labute approximate surface area is 186 Å². The maximum absolute atomic E-state index is 12.7. The van der Waals surface area contributed by atoms with E-state index in [2.05, 4.69) is 22.2 Å². The van der Waals surface area contributed by atoms with Gasteiger partial charge in [-0.15, -0.1) is 0 Å². The molecule has 0 bridgehead atoms. The van der Waals surface area contributed by atoms with E-state index in [1.165, 1.54) is 4.31 Å². The van der Waals surface area contributed by atoms with Crippen LogP contribution in [-0.4, -0.2) is 101 Å². The molecule has 2 aliphatic rings. The zero-order chi connectivity index (χ0) is 22.1. The average molecular weight is 453 g/mol. The number of amides is 1. The average Bonchev–Trinajstić information content (AvgIpc) is 2.79. The monoisotopic (exact) mass is 452 g/mol. The number of benzene rings is 1. The Morgan fingerprint density at radius 3 is 2.35 bits per heavy atom. The molecule has 9 heteroatoms. The predicted molar refractivity (Wildman–Crippen MR) is 121 cm³/mol. The molecular formula is C22H36N4O4S. The summed E-state index contributed by atoms with van der Waals surface area (Å²) < 4.78 is 32.0. The summed E-state index contributed by atoms with van der Waals surface area (Å²) >= 11 is 0. The number of unbranched alkanes of at least 4 members (excludes halogenated alkanes) is 1. The van der Waals surface area contributed by atoms with Gasteiger partial charge in [-0.3, -0.25) is 4.79 Å². The highest BCUT2D eigenvalue weighted by atomic mass is 32.2. The van der Waals surface area contributed by atoms with E-state index in [0.717, 1.165) is 51.1 Å². The smallest absolute Gasteiger partial charge is 0.243 e. The molecule has 1 aromatic carbocycles. The van der Waals surface area contributed by atoms with Gasteiger partial charge in [-0.05, 0) is 50.6 Å². The molecule has 1 aromatic rings. The van der Waals surface area contributed by atoms with E-state index >= 15 is 0 Å². The summed E-state index contributed by atoms with van der Waals surface area (Å²) in [5, 5.41) is 3.00. The lowest BCUT2D eigenvalue weighted by molar-refractivity contribution is -0.121. The van der Waals surface area contributed by atoms with Crippen LogP contribution in [0.5, 0.6) is 0 Å². The maximum Gasteiger partial charge on any atom is 0.243 e. The fourth-order valence-electron chi connectivity index (χ4n) is 3.87.